The van der Waals surface area contributed by atoms with Gasteiger partial charge in [-0.25, -0.2) is 13.1 Å². The van der Waals surface area contributed by atoms with Crippen molar-refractivity contribution in [2.45, 2.75) is 10.9 Å². The van der Waals surface area contributed by atoms with Crippen molar-refractivity contribution in [2.24, 2.45) is 5.92 Å². The number of hydrogen-bond donors (Lipinski definition) is 2. The van der Waals surface area contributed by atoms with Gasteiger partial charge >= 0.3 is 5.97 Å². The summed E-state index contributed by atoms with van der Waals surface area (Å²) in [5.41, 5.74) is 0. The number of rotatable bonds is 4. The molecule has 21 heavy (non-hydrogen) atoms. The molecule has 1 aliphatic rings. The zero-order chi connectivity index (χ0) is 15.8. The molecule has 6 nitrogen and oxygen atoms in total. The summed E-state index contributed by atoms with van der Waals surface area (Å²) in [5, 5.41) is 8.90. The Balaban J connectivity index is 2.33. The lowest BCUT2D eigenvalue weighted by atomic mass is 10.1. The van der Waals surface area contributed by atoms with Crippen LogP contribution >= 0.6 is 39.1 Å². The van der Waals surface area contributed by atoms with Crippen molar-refractivity contribution in [1.29, 1.82) is 0 Å². The Hall–Kier alpha value is -0.380. The van der Waals surface area contributed by atoms with Gasteiger partial charge in [0.1, 0.15) is 4.90 Å². The Morgan fingerprint density at radius 3 is 2.43 bits per heavy atom. The van der Waals surface area contributed by atoms with E-state index in [1.54, 1.807) is 0 Å². The molecular formula is C11H10BrCl2NO5S. The van der Waals surface area contributed by atoms with Gasteiger partial charge in [-0.15, -0.1) is 0 Å². The summed E-state index contributed by atoms with van der Waals surface area (Å²) in [6.07, 6.45) is 0. The number of ether oxygens (including phenoxy) is 1. The third kappa shape index (κ3) is 3.69. The van der Waals surface area contributed by atoms with Gasteiger partial charge in [-0.05, 0) is 12.1 Å². The molecule has 0 saturated carbocycles. The maximum Gasteiger partial charge on any atom is 0.310 e. The zero-order valence-corrected chi connectivity index (χ0v) is 14.3. The first kappa shape index (κ1) is 17.0. The second-order valence-corrected chi connectivity index (χ2v) is 7.79. The summed E-state index contributed by atoms with van der Waals surface area (Å²) >= 11 is 15.0. The number of carboxylic acid groups (broad SMARTS) is 1. The molecule has 2 atom stereocenters. The maximum absolute atomic E-state index is 12.4. The lowest BCUT2D eigenvalue weighted by molar-refractivity contribution is -0.142. The van der Waals surface area contributed by atoms with Gasteiger partial charge in [-0.2, -0.15) is 0 Å². The number of nitrogens with one attached hydrogen (secondary N) is 1. The second kappa shape index (κ2) is 6.39. The fraction of sp³-hybridized carbons (Fsp3) is 0.364. The van der Waals surface area contributed by atoms with Gasteiger partial charge < -0.3 is 9.84 Å². The molecule has 0 spiro atoms. The number of hydrogen-bond acceptors (Lipinski definition) is 4. The Morgan fingerprint density at radius 2 is 1.90 bits per heavy atom. The molecule has 0 amide bonds. The average Bonchev–Trinajstić information content (AvgIpc) is 2.73. The average molecular weight is 419 g/mol. The van der Waals surface area contributed by atoms with Crippen LogP contribution in [-0.4, -0.2) is 38.7 Å². The highest BCUT2D eigenvalue weighted by molar-refractivity contribution is 9.10. The van der Waals surface area contributed by atoms with E-state index in [1.807, 2.05) is 0 Å². The zero-order valence-electron chi connectivity index (χ0n) is 10.3. The predicted octanol–water partition coefficient (Wildman–Crippen LogP) is 2.13. The minimum Gasteiger partial charge on any atom is -0.481 e. The van der Waals surface area contributed by atoms with Crippen molar-refractivity contribution >= 4 is 55.1 Å². The molecular weight excluding hydrogens is 409 g/mol. The van der Waals surface area contributed by atoms with Gasteiger partial charge in [-0.3, -0.25) is 4.79 Å². The van der Waals surface area contributed by atoms with Crippen molar-refractivity contribution in [2.75, 3.05) is 13.2 Å². The lowest BCUT2D eigenvalue weighted by Gasteiger charge is -2.17. The summed E-state index contributed by atoms with van der Waals surface area (Å²) in [7, 11) is -4.07. The van der Waals surface area contributed by atoms with Crippen LogP contribution in [0, 0.1) is 5.92 Å². The van der Waals surface area contributed by atoms with Gasteiger partial charge in [0.05, 0.1) is 35.2 Å². The minimum atomic E-state index is -4.07. The maximum atomic E-state index is 12.4. The minimum absolute atomic E-state index is 0.0258. The Morgan fingerprint density at radius 1 is 1.33 bits per heavy atom. The number of carbonyl (C=O) groups is 1. The van der Waals surface area contributed by atoms with E-state index >= 15 is 0 Å². The molecule has 116 valence electrons. The van der Waals surface area contributed by atoms with E-state index in [1.165, 1.54) is 12.1 Å². The first-order valence-electron chi connectivity index (χ1n) is 5.70. The van der Waals surface area contributed by atoms with Crippen LogP contribution < -0.4 is 4.72 Å². The number of benzene rings is 1. The standard InChI is InChI=1S/C11H10BrCl2NO5S/c12-5-1-7(13)10(8(14)2-5)21(18,19)15-9-4-20-3-6(9)11(16)17/h1-2,6,9,15H,3-4H2,(H,16,17). The monoisotopic (exact) mass is 417 g/mol. The summed E-state index contributed by atoms with van der Waals surface area (Å²) in [6, 6.07) is 1.91. The van der Waals surface area contributed by atoms with Crippen molar-refractivity contribution in [3.05, 3.63) is 26.7 Å². The Bertz CT molecular complexity index is 658. The highest BCUT2D eigenvalue weighted by Crippen LogP contribution is 2.33. The van der Waals surface area contributed by atoms with E-state index in [-0.39, 0.29) is 28.2 Å². The molecule has 2 rings (SSSR count). The molecule has 1 saturated heterocycles. The molecule has 1 aromatic carbocycles. The van der Waals surface area contributed by atoms with E-state index in [2.05, 4.69) is 20.7 Å². The molecule has 0 aromatic heterocycles. The molecule has 2 N–H and O–H groups in total. The summed E-state index contributed by atoms with van der Waals surface area (Å²) in [5.74, 6) is -2.08. The van der Waals surface area contributed by atoms with E-state index in [9.17, 15) is 13.2 Å². The van der Waals surface area contributed by atoms with Gasteiger partial charge in [0.2, 0.25) is 10.0 Å². The van der Waals surface area contributed by atoms with Crippen LogP contribution in [0.1, 0.15) is 0 Å². The van der Waals surface area contributed by atoms with Crippen LogP contribution in [0.2, 0.25) is 10.0 Å². The number of aliphatic carboxylic acids is 1. The molecule has 1 aliphatic heterocycles. The summed E-state index contributed by atoms with van der Waals surface area (Å²) < 4.78 is 32.6. The molecule has 0 aliphatic carbocycles. The van der Waals surface area contributed by atoms with Crippen LogP contribution in [0.3, 0.4) is 0 Å². The normalized spacial score (nSPS) is 22.4. The van der Waals surface area contributed by atoms with Crippen molar-refractivity contribution < 1.29 is 23.1 Å². The van der Waals surface area contributed by atoms with E-state index in [0.717, 1.165) is 0 Å². The van der Waals surface area contributed by atoms with Crippen molar-refractivity contribution in [3.63, 3.8) is 0 Å². The highest BCUT2D eigenvalue weighted by Gasteiger charge is 2.38. The molecule has 0 bridgehead atoms. The van der Waals surface area contributed by atoms with Crippen LogP contribution in [-0.2, 0) is 19.6 Å². The fourth-order valence-electron chi connectivity index (χ4n) is 1.96. The van der Waals surface area contributed by atoms with E-state index in [4.69, 9.17) is 33.0 Å². The molecule has 1 fully saturated rings. The van der Waals surface area contributed by atoms with Gasteiger partial charge in [0, 0.05) is 4.47 Å². The Kier molecular flexibility index (Phi) is 5.17. The third-order valence-corrected chi connectivity index (χ3v) is 5.80. The topological polar surface area (TPSA) is 92.7 Å². The van der Waals surface area contributed by atoms with Gasteiger partial charge in [0.15, 0.2) is 0 Å². The summed E-state index contributed by atoms with van der Waals surface area (Å²) in [4.78, 5) is 10.8. The number of halogens is 3. The molecule has 2 unspecified atom stereocenters. The smallest absolute Gasteiger partial charge is 0.310 e. The quantitative estimate of drug-likeness (QED) is 0.781. The number of sulfonamides is 1. The third-order valence-electron chi connectivity index (χ3n) is 2.94. The Labute approximate surface area is 139 Å². The first-order chi connectivity index (χ1) is 9.72. The fourth-order valence-corrected chi connectivity index (χ4v) is 5.16. The van der Waals surface area contributed by atoms with E-state index in [0.29, 0.717) is 4.47 Å². The van der Waals surface area contributed by atoms with Crippen LogP contribution in [0.15, 0.2) is 21.5 Å². The molecule has 10 heteroatoms. The number of carboxylic acids is 1. The van der Waals surface area contributed by atoms with Crippen molar-refractivity contribution in [3.8, 4) is 0 Å². The molecule has 1 heterocycles. The van der Waals surface area contributed by atoms with Crippen molar-refractivity contribution in [1.82, 2.24) is 4.72 Å². The van der Waals surface area contributed by atoms with Gasteiger partial charge in [0.25, 0.3) is 0 Å². The largest absolute Gasteiger partial charge is 0.481 e. The highest BCUT2D eigenvalue weighted by atomic mass is 79.9. The summed E-state index contributed by atoms with van der Waals surface area (Å²) in [6.45, 7) is -0.0771. The van der Waals surface area contributed by atoms with Crippen LogP contribution in [0.4, 0.5) is 0 Å². The molecule has 0 radical (unpaired) electrons. The first-order valence-corrected chi connectivity index (χ1v) is 8.73. The lowest BCUT2D eigenvalue weighted by Crippen LogP contribution is -2.42. The van der Waals surface area contributed by atoms with Crippen LogP contribution in [0.5, 0.6) is 0 Å². The molecule has 1 aromatic rings. The predicted molar refractivity (Wildman–Crippen MR) is 80.2 cm³/mol. The van der Waals surface area contributed by atoms with Gasteiger partial charge in [-0.1, -0.05) is 39.1 Å². The van der Waals surface area contributed by atoms with Crippen LogP contribution in [0.25, 0.3) is 0 Å². The second-order valence-electron chi connectivity index (χ2n) is 4.41. The SMILES string of the molecule is O=C(O)C1COCC1NS(=O)(=O)c1c(Cl)cc(Br)cc1Cl. The van der Waals surface area contributed by atoms with E-state index < -0.39 is 28.0 Å².